The molecule has 0 aliphatic carbocycles. The Balaban J connectivity index is 2.16. The van der Waals surface area contributed by atoms with Crippen molar-refractivity contribution in [3.05, 3.63) is 36.2 Å². The molecule has 0 aliphatic heterocycles. The van der Waals surface area contributed by atoms with Crippen LogP contribution in [0.1, 0.15) is 24.0 Å². The number of carbonyl (C=O) groups excluding carboxylic acids is 1. The number of hydrogen-bond acceptors (Lipinski definition) is 4. The second-order valence-corrected chi connectivity index (χ2v) is 4.39. The van der Waals surface area contributed by atoms with Gasteiger partial charge in [-0.2, -0.15) is 22.7 Å². The lowest BCUT2D eigenvalue weighted by atomic mass is 10.2. The van der Waals surface area contributed by atoms with E-state index in [9.17, 15) is 22.4 Å². The van der Waals surface area contributed by atoms with E-state index in [1.54, 1.807) is 6.92 Å². The molecule has 2 rings (SSSR count). The number of hydrogen-bond donors (Lipinski definition) is 1. The van der Waals surface area contributed by atoms with Crippen LogP contribution in [0, 0.1) is 0 Å². The van der Waals surface area contributed by atoms with Gasteiger partial charge in [-0.05, 0) is 25.1 Å². The molecule has 6 nitrogen and oxygen atoms in total. The van der Waals surface area contributed by atoms with Crippen LogP contribution in [0.3, 0.4) is 0 Å². The van der Waals surface area contributed by atoms with Crippen molar-refractivity contribution in [2.24, 2.45) is 0 Å². The summed E-state index contributed by atoms with van der Waals surface area (Å²) in [7, 11) is 0. The van der Waals surface area contributed by atoms with E-state index < -0.39 is 19.1 Å². The van der Waals surface area contributed by atoms with Crippen LogP contribution in [0.15, 0.2) is 30.5 Å². The largest absolute Gasteiger partial charge is 0.490 e. The Labute approximate surface area is 134 Å². The molecule has 0 fully saturated rings. The van der Waals surface area contributed by atoms with E-state index in [0.29, 0.717) is 4.68 Å². The highest BCUT2D eigenvalue weighted by atomic mass is 19.3. The van der Waals surface area contributed by atoms with Crippen LogP contribution in [-0.4, -0.2) is 28.9 Å². The van der Waals surface area contributed by atoms with Crippen LogP contribution in [0.2, 0.25) is 0 Å². The number of ether oxygens (including phenoxy) is 2. The highest BCUT2D eigenvalue weighted by molar-refractivity contribution is 6.02. The molecule has 0 saturated carbocycles. The lowest BCUT2D eigenvalue weighted by Crippen LogP contribution is -2.14. The molecule has 10 heteroatoms. The fourth-order valence-corrected chi connectivity index (χ4v) is 1.81. The number of aromatic nitrogens is 2. The Kier molecular flexibility index (Phi) is 5.61. The zero-order chi connectivity index (χ0) is 17.7. The van der Waals surface area contributed by atoms with E-state index in [4.69, 9.17) is 4.74 Å². The Hall–Kier alpha value is -2.78. The number of carbonyl (C=O) groups is 1. The van der Waals surface area contributed by atoms with Gasteiger partial charge < -0.3 is 14.8 Å². The first-order valence-corrected chi connectivity index (χ1v) is 6.77. The van der Waals surface area contributed by atoms with Gasteiger partial charge in [0.1, 0.15) is 0 Å². The molecular weight excluding hydrogens is 334 g/mol. The minimum atomic E-state index is -3.03. The van der Waals surface area contributed by atoms with Crippen molar-refractivity contribution in [3.63, 3.8) is 0 Å². The van der Waals surface area contributed by atoms with Crippen LogP contribution in [-0.2, 0) is 0 Å². The third kappa shape index (κ3) is 4.37. The molecule has 0 atom stereocenters. The van der Waals surface area contributed by atoms with Gasteiger partial charge in [-0.3, -0.25) is 4.79 Å². The van der Waals surface area contributed by atoms with E-state index in [1.165, 1.54) is 18.2 Å². The first-order chi connectivity index (χ1) is 11.4. The summed E-state index contributed by atoms with van der Waals surface area (Å²) in [5.74, 6) is -0.917. The number of nitrogens with one attached hydrogen (secondary N) is 1. The van der Waals surface area contributed by atoms with E-state index in [1.807, 2.05) is 0 Å². The van der Waals surface area contributed by atoms with Gasteiger partial charge in [0.05, 0.1) is 6.61 Å². The minimum absolute atomic E-state index is 0.00806. The summed E-state index contributed by atoms with van der Waals surface area (Å²) in [6, 6.07) is 4.91. The molecule has 0 unspecified atom stereocenters. The van der Waals surface area contributed by atoms with Gasteiger partial charge in [0, 0.05) is 18.0 Å². The van der Waals surface area contributed by atoms with Crippen molar-refractivity contribution in [1.29, 1.82) is 0 Å². The number of nitrogens with zero attached hydrogens (tertiary/aromatic N) is 2. The van der Waals surface area contributed by atoms with Gasteiger partial charge in [-0.15, -0.1) is 0 Å². The molecule has 0 spiro atoms. The van der Waals surface area contributed by atoms with Gasteiger partial charge >= 0.3 is 13.2 Å². The summed E-state index contributed by atoms with van der Waals surface area (Å²) in [6.07, 6.45) is 0.963. The van der Waals surface area contributed by atoms with Crippen molar-refractivity contribution in [2.45, 2.75) is 20.1 Å². The van der Waals surface area contributed by atoms with E-state index in [2.05, 4.69) is 15.2 Å². The number of amides is 1. The van der Waals surface area contributed by atoms with Crippen LogP contribution in [0.5, 0.6) is 11.5 Å². The second-order valence-electron chi connectivity index (χ2n) is 4.39. The molecular formula is C14H13F4N3O3. The summed E-state index contributed by atoms with van der Waals surface area (Å²) in [6.45, 7) is -4.05. The first kappa shape index (κ1) is 17.6. The normalized spacial score (nSPS) is 11.0. The summed E-state index contributed by atoms with van der Waals surface area (Å²) < 4.78 is 59.3. The topological polar surface area (TPSA) is 65.4 Å². The number of benzene rings is 1. The smallest absolute Gasteiger partial charge is 0.387 e. The number of rotatable bonds is 7. The maximum Gasteiger partial charge on any atom is 0.387 e. The minimum Gasteiger partial charge on any atom is -0.490 e. The van der Waals surface area contributed by atoms with Crippen molar-refractivity contribution >= 4 is 11.6 Å². The maximum absolute atomic E-state index is 12.4. The molecule has 24 heavy (non-hydrogen) atoms. The first-order valence-electron chi connectivity index (χ1n) is 6.77. The van der Waals surface area contributed by atoms with E-state index >= 15 is 0 Å². The summed E-state index contributed by atoms with van der Waals surface area (Å²) >= 11 is 0. The summed E-state index contributed by atoms with van der Waals surface area (Å²) in [4.78, 5) is 12.0. The molecule has 1 heterocycles. The van der Waals surface area contributed by atoms with E-state index in [0.717, 1.165) is 12.3 Å². The summed E-state index contributed by atoms with van der Waals surface area (Å²) in [5.41, 5.74) is -0.0159. The Morgan fingerprint density at radius 1 is 1.25 bits per heavy atom. The van der Waals surface area contributed by atoms with Gasteiger partial charge in [-0.25, -0.2) is 4.68 Å². The van der Waals surface area contributed by atoms with Crippen molar-refractivity contribution in [3.8, 4) is 11.5 Å². The molecule has 0 saturated heterocycles. The monoisotopic (exact) mass is 347 g/mol. The van der Waals surface area contributed by atoms with Gasteiger partial charge in [-0.1, -0.05) is 0 Å². The molecule has 1 aromatic heterocycles. The fourth-order valence-electron chi connectivity index (χ4n) is 1.81. The Morgan fingerprint density at radius 3 is 2.58 bits per heavy atom. The third-order valence-electron chi connectivity index (χ3n) is 2.76. The zero-order valence-electron chi connectivity index (χ0n) is 12.4. The molecule has 1 aromatic carbocycles. The second kappa shape index (κ2) is 7.66. The quantitative estimate of drug-likeness (QED) is 0.778. The van der Waals surface area contributed by atoms with Gasteiger partial charge in [0.15, 0.2) is 17.2 Å². The number of alkyl halides is 4. The van der Waals surface area contributed by atoms with Crippen LogP contribution in [0.25, 0.3) is 0 Å². The molecule has 1 amide bonds. The fraction of sp³-hybridized carbons (Fsp3) is 0.286. The number of halogens is 4. The van der Waals surface area contributed by atoms with Crippen LogP contribution in [0.4, 0.5) is 23.2 Å². The molecule has 130 valence electrons. The average molecular weight is 347 g/mol. The third-order valence-corrected chi connectivity index (χ3v) is 2.76. The standard InChI is InChI=1S/C14H13F4N3O3/c1-2-23-11-7-8(3-4-10(11)24-14(17)18)19-12(22)9-5-6-21(20-9)13(15)16/h3-7,13-14H,2H2,1H3,(H,19,22). The van der Waals surface area contributed by atoms with Crippen molar-refractivity contribution in [1.82, 2.24) is 9.78 Å². The van der Waals surface area contributed by atoms with Crippen molar-refractivity contribution < 1.29 is 31.8 Å². The van der Waals surface area contributed by atoms with Crippen LogP contribution < -0.4 is 14.8 Å². The SMILES string of the molecule is CCOc1cc(NC(=O)c2ccn(C(F)F)n2)ccc1OC(F)F. The highest BCUT2D eigenvalue weighted by Gasteiger charge is 2.16. The molecule has 0 aliphatic rings. The van der Waals surface area contributed by atoms with E-state index in [-0.39, 0.29) is 29.5 Å². The van der Waals surface area contributed by atoms with Gasteiger partial charge in [0.25, 0.3) is 5.91 Å². The Morgan fingerprint density at radius 2 is 2.00 bits per heavy atom. The lowest BCUT2D eigenvalue weighted by molar-refractivity contribution is -0.0514. The maximum atomic E-state index is 12.4. The predicted octanol–water partition coefficient (Wildman–Crippen LogP) is 3.53. The predicted molar refractivity (Wildman–Crippen MR) is 75.7 cm³/mol. The number of anilines is 1. The molecule has 0 radical (unpaired) electrons. The molecule has 2 aromatic rings. The molecule has 1 N–H and O–H groups in total. The highest BCUT2D eigenvalue weighted by Crippen LogP contribution is 2.32. The van der Waals surface area contributed by atoms with Crippen molar-refractivity contribution in [2.75, 3.05) is 11.9 Å². The van der Waals surface area contributed by atoms with Crippen LogP contribution >= 0.6 is 0 Å². The molecule has 0 bridgehead atoms. The lowest BCUT2D eigenvalue weighted by Gasteiger charge is -2.13. The Bertz CT molecular complexity index is 706. The summed E-state index contributed by atoms with van der Waals surface area (Å²) in [5, 5.41) is 5.83. The van der Waals surface area contributed by atoms with Gasteiger partial charge in [0.2, 0.25) is 0 Å². The average Bonchev–Trinajstić information content (AvgIpc) is 3.00. The zero-order valence-corrected chi connectivity index (χ0v) is 12.4.